The van der Waals surface area contributed by atoms with Crippen LogP contribution >= 0.6 is 11.8 Å². The normalized spacial score (nSPS) is 25.8. The Labute approximate surface area is 67.4 Å². The zero-order valence-electron chi connectivity index (χ0n) is 6.63. The van der Waals surface area contributed by atoms with Gasteiger partial charge in [0.25, 0.3) is 0 Å². The minimum Gasteiger partial charge on any atom is -0.138 e. The zero-order chi connectivity index (χ0) is 7.40. The van der Waals surface area contributed by atoms with Gasteiger partial charge in [0.05, 0.1) is 0 Å². The Balaban J connectivity index is 2.42. The summed E-state index contributed by atoms with van der Waals surface area (Å²) < 4.78 is 0. The Morgan fingerprint density at radius 1 is 1.70 bits per heavy atom. The van der Waals surface area contributed by atoms with Crippen molar-refractivity contribution in [2.24, 2.45) is 5.92 Å². The van der Waals surface area contributed by atoms with Crippen molar-refractivity contribution in [1.82, 2.24) is 0 Å². The van der Waals surface area contributed by atoms with Crippen molar-refractivity contribution in [3.63, 3.8) is 0 Å². The van der Waals surface area contributed by atoms with E-state index in [9.17, 15) is 0 Å². The molecule has 56 valence electrons. The van der Waals surface area contributed by atoms with Crippen LogP contribution in [0.5, 0.6) is 0 Å². The molecule has 0 N–H and O–H groups in total. The first kappa shape index (κ1) is 7.93. The van der Waals surface area contributed by atoms with Gasteiger partial charge >= 0.3 is 0 Å². The fourth-order valence-corrected chi connectivity index (χ4v) is 1.53. The van der Waals surface area contributed by atoms with Crippen LogP contribution in [0, 0.1) is 5.92 Å². The van der Waals surface area contributed by atoms with Crippen LogP contribution in [0.3, 0.4) is 0 Å². The smallest absolute Gasteiger partial charge is 0.0142 e. The lowest BCUT2D eigenvalue weighted by Crippen LogP contribution is -1.76. The van der Waals surface area contributed by atoms with Gasteiger partial charge in [0.1, 0.15) is 0 Å². The van der Waals surface area contributed by atoms with Gasteiger partial charge in [-0.1, -0.05) is 24.6 Å². The molecule has 0 bridgehead atoms. The lowest BCUT2D eigenvalue weighted by atomic mass is 10.2. The van der Waals surface area contributed by atoms with Crippen LogP contribution in [0.2, 0.25) is 0 Å². The molecule has 0 saturated carbocycles. The van der Waals surface area contributed by atoms with Crippen molar-refractivity contribution in [3.8, 4) is 0 Å². The molecule has 1 aliphatic carbocycles. The molecule has 1 rings (SSSR count). The molecule has 0 aromatic heterocycles. The maximum Gasteiger partial charge on any atom is -0.0142 e. The summed E-state index contributed by atoms with van der Waals surface area (Å²) >= 11 is 1.77. The van der Waals surface area contributed by atoms with Crippen LogP contribution in [0.4, 0.5) is 0 Å². The molecule has 0 aromatic rings. The SMILES string of the molecule is CS/C=C\C1=CC(C)CC1. The van der Waals surface area contributed by atoms with Gasteiger partial charge in [0.2, 0.25) is 0 Å². The van der Waals surface area contributed by atoms with Crippen LogP contribution in [0.1, 0.15) is 19.8 Å². The quantitative estimate of drug-likeness (QED) is 0.588. The summed E-state index contributed by atoms with van der Waals surface area (Å²) in [5.41, 5.74) is 1.52. The molecule has 0 nitrogen and oxygen atoms in total. The Hall–Kier alpha value is -0.170. The molecule has 0 amide bonds. The van der Waals surface area contributed by atoms with E-state index in [1.54, 1.807) is 11.8 Å². The predicted octanol–water partition coefficient (Wildman–Crippen LogP) is 3.22. The first-order chi connectivity index (χ1) is 4.83. The molecule has 0 saturated heterocycles. The minimum atomic E-state index is 0.807. The number of hydrogen-bond donors (Lipinski definition) is 0. The Morgan fingerprint density at radius 2 is 2.50 bits per heavy atom. The Bertz CT molecular complexity index is 156. The van der Waals surface area contributed by atoms with Crippen LogP contribution in [0.15, 0.2) is 23.1 Å². The van der Waals surface area contributed by atoms with E-state index >= 15 is 0 Å². The highest BCUT2D eigenvalue weighted by Gasteiger charge is 2.07. The van der Waals surface area contributed by atoms with Crippen LogP contribution < -0.4 is 0 Å². The molecule has 0 fully saturated rings. The number of rotatable bonds is 2. The highest BCUT2D eigenvalue weighted by molar-refractivity contribution is 8.01. The average molecular weight is 154 g/mol. The van der Waals surface area contributed by atoms with Gasteiger partial charge in [-0.15, -0.1) is 11.8 Å². The molecule has 1 aliphatic rings. The monoisotopic (exact) mass is 154 g/mol. The second-order valence-electron chi connectivity index (χ2n) is 2.80. The maximum atomic E-state index is 2.37. The Morgan fingerprint density at radius 3 is 3.00 bits per heavy atom. The fourth-order valence-electron chi connectivity index (χ4n) is 1.22. The zero-order valence-corrected chi connectivity index (χ0v) is 7.45. The topological polar surface area (TPSA) is 0 Å². The molecule has 0 aliphatic heterocycles. The fraction of sp³-hybridized carbons (Fsp3) is 0.556. The molecule has 0 heterocycles. The van der Waals surface area contributed by atoms with Gasteiger partial charge in [-0.3, -0.25) is 0 Å². The molecule has 1 heteroatoms. The van der Waals surface area contributed by atoms with Crippen LogP contribution in [0.25, 0.3) is 0 Å². The van der Waals surface area contributed by atoms with E-state index in [2.05, 4.69) is 30.7 Å². The molecule has 10 heavy (non-hydrogen) atoms. The lowest BCUT2D eigenvalue weighted by molar-refractivity contribution is 0.699. The van der Waals surface area contributed by atoms with Crippen molar-refractivity contribution in [2.45, 2.75) is 19.8 Å². The summed E-state index contributed by atoms with van der Waals surface area (Å²) in [5.74, 6) is 0.807. The first-order valence-corrected chi connectivity index (χ1v) is 5.02. The molecule has 1 unspecified atom stereocenters. The number of allylic oxidation sites excluding steroid dienone is 3. The van der Waals surface area contributed by atoms with E-state index in [-0.39, 0.29) is 0 Å². The molecule has 0 radical (unpaired) electrons. The van der Waals surface area contributed by atoms with Crippen molar-refractivity contribution < 1.29 is 0 Å². The van der Waals surface area contributed by atoms with E-state index in [0.29, 0.717) is 0 Å². The van der Waals surface area contributed by atoms with Gasteiger partial charge in [-0.2, -0.15) is 0 Å². The van der Waals surface area contributed by atoms with Crippen LogP contribution in [-0.2, 0) is 0 Å². The summed E-state index contributed by atoms with van der Waals surface area (Å²) in [6, 6.07) is 0. The molecular formula is C9H14S. The predicted molar refractivity (Wildman–Crippen MR) is 49.1 cm³/mol. The summed E-state index contributed by atoms with van der Waals surface area (Å²) in [7, 11) is 0. The summed E-state index contributed by atoms with van der Waals surface area (Å²) in [5, 5.41) is 2.16. The number of hydrogen-bond acceptors (Lipinski definition) is 1. The largest absolute Gasteiger partial charge is 0.138 e. The third kappa shape index (κ3) is 2.22. The molecule has 1 atom stereocenters. The van der Waals surface area contributed by atoms with E-state index in [1.807, 2.05) is 0 Å². The average Bonchev–Trinajstić information content (AvgIpc) is 2.31. The second kappa shape index (κ2) is 3.87. The minimum absolute atomic E-state index is 0.807. The second-order valence-corrected chi connectivity index (χ2v) is 3.54. The van der Waals surface area contributed by atoms with E-state index < -0.39 is 0 Å². The standard InChI is InChI=1S/C9H14S/c1-8-3-4-9(7-8)5-6-10-2/h5-8H,3-4H2,1-2H3/b6-5-. The van der Waals surface area contributed by atoms with E-state index in [4.69, 9.17) is 0 Å². The molecule has 0 spiro atoms. The summed E-state index contributed by atoms with van der Waals surface area (Å²) in [4.78, 5) is 0. The van der Waals surface area contributed by atoms with Crippen LogP contribution in [-0.4, -0.2) is 6.26 Å². The van der Waals surface area contributed by atoms with Crippen molar-refractivity contribution in [2.75, 3.05) is 6.26 Å². The number of thioether (sulfide) groups is 1. The van der Waals surface area contributed by atoms with Crippen molar-refractivity contribution in [1.29, 1.82) is 0 Å². The van der Waals surface area contributed by atoms with Gasteiger partial charge in [0, 0.05) is 0 Å². The van der Waals surface area contributed by atoms with Gasteiger partial charge in [0.15, 0.2) is 0 Å². The van der Waals surface area contributed by atoms with E-state index in [1.165, 1.54) is 18.4 Å². The highest BCUT2D eigenvalue weighted by atomic mass is 32.2. The summed E-state index contributed by atoms with van der Waals surface area (Å²) in [6.45, 7) is 2.28. The maximum absolute atomic E-state index is 2.37. The van der Waals surface area contributed by atoms with Gasteiger partial charge < -0.3 is 0 Å². The van der Waals surface area contributed by atoms with Crippen molar-refractivity contribution >= 4 is 11.8 Å². The van der Waals surface area contributed by atoms with Gasteiger partial charge in [-0.25, -0.2) is 0 Å². The molecular weight excluding hydrogens is 140 g/mol. The Kier molecular flexibility index (Phi) is 3.07. The van der Waals surface area contributed by atoms with Crippen molar-refractivity contribution in [3.05, 3.63) is 23.1 Å². The summed E-state index contributed by atoms with van der Waals surface area (Å²) in [6.07, 6.45) is 9.31. The lowest BCUT2D eigenvalue weighted by Gasteiger charge is -1.89. The first-order valence-electron chi connectivity index (χ1n) is 3.73. The van der Waals surface area contributed by atoms with E-state index in [0.717, 1.165) is 5.92 Å². The third-order valence-electron chi connectivity index (χ3n) is 1.81. The third-order valence-corrected chi connectivity index (χ3v) is 2.21. The van der Waals surface area contributed by atoms with Gasteiger partial charge in [-0.05, 0) is 30.4 Å². The molecule has 0 aromatic carbocycles. The highest BCUT2D eigenvalue weighted by Crippen LogP contribution is 2.24.